The van der Waals surface area contributed by atoms with Crippen molar-refractivity contribution in [3.05, 3.63) is 28.8 Å². The first kappa shape index (κ1) is 14.6. The number of anilines is 1. The second kappa shape index (κ2) is 6.60. The van der Waals surface area contributed by atoms with Crippen LogP contribution in [0.1, 0.15) is 25.5 Å². The fourth-order valence-corrected chi connectivity index (χ4v) is 2.83. The van der Waals surface area contributed by atoms with Crippen LogP contribution in [0.15, 0.2) is 18.2 Å². The summed E-state index contributed by atoms with van der Waals surface area (Å²) in [7, 11) is 2.17. The molecule has 1 fully saturated rings. The van der Waals surface area contributed by atoms with Crippen molar-refractivity contribution in [2.24, 2.45) is 0 Å². The third-order valence-corrected chi connectivity index (χ3v) is 4.13. The van der Waals surface area contributed by atoms with E-state index in [0.29, 0.717) is 6.04 Å². The molecule has 1 N–H and O–H groups in total. The molecular formula is C15H24ClN3. The van der Waals surface area contributed by atoms with Gasteiger partial charge in [-0.05, 0) is 38.2 Å². The Balaban J connectivity index is 2.10. The lowest BCUT2D eigenvalue weighted by Crippen LogP contribution is -2.44. The Morgan fingerprint density at radius 2 is 1.95 bits per heavy atom. The number of likely N-dealkylation sites (N-methyl/N-ethyl adjacent to an activating group) is 1. The highest BCUT2D eigenvalue weighted by atomic mass is 35.5. The van der Waals surface area contributed by atoms with Crippen LogP contribution in [-0.4, -0.2) is 44.7 Å². The maximum Gasteiger partial charge on any atom is 0.0642 e. The van der Waals surface area contributed by atoms with Crippen LogP contribution >= 0.6 is 11.6 Å². The van der Waals surface area contributed by atoms with E-state index >= 15 is 0 Å². The number of piperazine rings is 1. The number of nitrogens with one attached hydrogen (secondary N) is 1. The second-order valence-corrected chi connectivity index (χ2v) is 5.69. The van der Waals surface area contributed by atoms with Crippen molar-refractivity contribution in [3.63, 3.8) is 0 Å². The predicted molar refractivity (Wildman–Crippen MR) is 83.3 cm³/mol. The summed E-state index contributed by atoms with van der Waals surface area (Å²) in [5.41, 5.74) is 2.42. The van der Waals surface area contributed by atoms with E-state index in [0.717, 1.165) is 37.7 Å². The minimum atomic E-state index is 0.351. The fourth-order valence-electron chi connectivity index (χ4n) is 2.52. The van der Waals surface area contributed by atoms with Gasteiger partial charge in [0.05, 0.1) is 10.7 Å². The Morgan fingerprint density at radius 1 is 1.26 bits per heavy atom. The smallest absolute Gasteiger partial charge is 0.0642 e. The van der Waals surface area contributed by atoms with Crippen LogP contribution in [0.25, 0.3) is 0 Å². The zero-order valence-corrected chi connectivity index (χ0v) is 12.9. The summed E-state index contributed by atoms with van der Waals surface area (Å²) in [6, 6.07) is 6.80. The quantitative estimate of drug-likeness (QED) is 0.916. The zero-order chi connectivity index (χ0) is 13.8. The van der Waals surface area contributed by atoms with E-state index in [1.807, 2.05) is 0 Å². The summed E-state index contributed by atoms with van der Waals surface area (Å²) in [4.78, 5) is 4.73. The maximum absolute atomic E-state index is 6.46. The van der Waals surface area contributed by atoms with Gasteiger partial charge in [0.15, 0.2) is 0 Å². The van der Waals surface area contributed by atoms with Crippen molar-refractivity contribution in [3.8, 4) is 0 Å². The minimum absolute atomic E-state index is 0.351. The zero-order valence-electron chi connectivity index (χ0n) is 12.1. The monoisotopic (exact) mass is 281 g/mol. The summed E-state index contributed by atoms with van der Waals surface area (Å²) in [6.07, 6.45) is 0. The lowest BCUT2D eigenvalue weighted by atomic mass is 10.1. The van der Waals surface area contributed by atoms with Crippen molar-refractivity contribution in [1.82, 2.24) is 10.2 Å². The van der Waals surface area contributed by atoms with E-state index in [4.69, 9.17) is 11.6 Å². The molecule has 0 saturated carbocycles. The molecule has 1 saturated heterocycles. The number of nitrogens with zero attached hydrogens (tertiary/aromatic N) is 2. The molecule has 1 atom stereocenters. The van der Waals surface area contributed by atoms with E-state index in [1.54, 1.807) is 0 Å². The molecule has 0 amide bonds. The molecule has 1 aromatic carbocycles. The second-order valence-electron chi connectivity index (χ2n) is 5.28. The van der Waals surface area contributed by atoms with Crippen LogP contribution in [0, 0.1) is 0 Å². The minimum Gasteiger partial charge on any atom is -0.368 e. The largest absolute Gasteiger partial charge is 0.368 e. The Hall–Kier alpha value is -0.770. The molecule has 0 bridgehead atoms. The van der Waals surface area contributed by atoms with Gasteiger partial charge in [-0.2, -0.15) is 0 Å². The summed E-state index contributed by atoms with van der Waals surface area (Å²) >= 11 is 6.46. The van der Waals surface area contributed by atoms with Crippen LogP contribution in [0.4, 0.5) is 5.69 Å². The van der Waals surface area contributed by atoms with Crippen molar-refractivity contribution < 1.29 is 0 Å². The van der Waals surface area contributed by atoms with Crippen LogP contribution in [0.3, 0.4) is 0 Å². The summed E-state index contributed by atoms with van der Waals surface area (Å²) in [6.45, 7) is 9.58. The number of benzene rings is 1. The standard InChI is InChI=1S/C15H24ClN3/c1-4-17-12(2)13-5-6-15(14(16)11-13)19-9-7-18(3)8-10-19/h5-6,11-12,17H,4,7-10H2,1-3H3. The normalized spacial score (nSPS) is 18.6. The number of rotatable bonds is 4. The summed E-state index contributed by atoms with van der Waals surface area (Å²) < 4.78 is 0. The molecule has 3 nitrogen and oxygen atoms in total. The molecule has 4 heteroatoms. The van der Waals surface area contributed by atoms with Crippen molar-refractivity contribution in [1.29, 1.82) is 0 Å². The molecule has 19 heavy (non-hydrogen) atoms. The van der Waals surface area contributed by atoms with Crippen molar-refractivity contribution >= 4 is 17.3 Å². The number of hydrogen-bond acceptors (Lipinski definition) is 3. The molecule has 2 rings (SSSR count). The Labute approximate surface area is 121 Å². The molecule has 1 heterocycles. The molecule has 1 aliphatic heterocycles. The predicted octanol–water partition coefficient (Wildman–Crippen LogP) is 2.76. The lowest BCUT2D eigenvalue weighted by molar-refractivity contribution is 0.313. The van der Waals surface area contributed by atoms with Gasteiger partial charge in [-0.15, -0.1) is 0 Å². The molecular weight excluding hydrogens is 258 g/mol. The number of hydrogen-bond donors (Lipinski definition) is 1. The van der Waals surface area contributed by atoms with E-state index < -0.39 is 0 Å². The van der Waals surface area contributed by atoms with Gasteiger partial charge in [0.2, 0.25) is 0 Å². The van der Waals surface area contributed by atoms with E-state index in [1.165, 1.54) is 11.3 Å². The topological polar surface area (TPSA) is 18.5 Å². The average Bonchev–Trinajstić information content (AvgIpc) is 2.40. The van der Waals surface area contributed by atoms with Gasteiger partial charge in [-0.1, -0.05) is 24.6 Å². The van der Waals surface area contributed by atoms with E-state index in [9.17, 15) is 0 Å². The highest BCUT2D eigenvalue weighted by Crippen LogP contribution is 2.29. The molecule has 0 spiro atoms. The molecule has 1 unspecified atom stereocenters. The average molecular weight is 282 g/mol. The maximum atomic E-state index is 6.46. The first-order chi connectivity index (χ1) is 9.11. The van der Waals surface area contributed by atoms with Crippen LogP contribution in [0.2, 0.25) is 5.02 Å². The molecule has 0 radical (unpaired) electrons. The third kappa shape index (κ3) is 3.62. The van der Waals surface area contributed by atoms with Crippen LogP contribution in [0.5, 0.6) is 0 Å². The first-order valence-corrected chi connectivity index (χ1v) is 7.46. The highest BCUT2D eigenvalue weighted by molar-refractivity contribution is 6.33. The number of halogens is 1. The van der Waals surface area contributed by atoms with Crippen molar-refractivity contribution in [2.45, 2.75) is 19.9 Å². The Kier molecular flexibility index (Phi) is 5.08. The Bertz CT molecular complexity index is 414. The van der Waals surface area contributed by atoms with E-state index in [2.05, 4.69) is 54.2 Å². The van der Waals surface area contributed by atoms with Crippen LogP contribution < -0.4 is 10.2 Å². The van der Waals surface area contributed by atoms with Gasteiger partial charge in [0, 0.05) is 32.2 Å². The molecule has 0 aromatic heterocycles. The summed E-state index contributed by atoms with van der Waals surface area (Å²) in [5.74, 6) is 0. The molecule has 106 valence electrons. The van der Waals surface area contributed by atoms with Crippen LogP contribution in [-0.2, 0) is 0 Å². The van der Waals surface area contributed by atoms with Gasteiger partial charge in [-0.25, -0.2) is 0 Å². The van der Waals surface area contributed by atoms with Gasteiger partial charge < -0.3 is 15.1 Å². The fraction of sp³-hybridized carbons (Fsp3) is 0.600. The molecule has 0 aliphatic carbocycles. The summed E-state index contributed by atoms with van der Waals surface area (Å²) in [5, 5.41) is 4.28. The first-order valence-electron chi connectivity index (χ1n) is 7.08. The highest BCUT2D eigenvalue weighted by Gasteiger charge is 2.17. The molecule has 1 aromatic rings. The van der Waals surface area contributed by atoms with E-state index in [-0.39, 0.29) is 0 Å². The van der Waals surface area contributed by atoms with Crippen molar-refractivity contribution in [2.75, 3.05) is 44.7 Å². The Morgan fingerprint density at radius 3 is 2.53 bits per heavy atom. The van der Waals surface area contributed by atoms with Gasteiger partial charge >= 0.3 is 0 Å². The third-order valence-electron chi connectivity index (χ3n) is 3.83. The lowest BCUT2D eigenvalue weighted by Gasteiger charge is -2.34. The SMILES string of the molecule is CCNC(C)c1ccc(N2CCN(C)CC2)c(Cl)c1. The molecule has 1 aliphatic rings. The van der Waals surface area contributed by atoms with Gasteiger partial charge in [0.1, 0.15) is 0 Å². The van der Waals surface area contributed by atoms with Gasteiger partial charge in [-0.3, -0.25) is 0 Å². The van der Waals surface area contributed by atoms with Gasteiger partial charge in [0.25, 0.3) is 0 Å².